The number of halogens is 2. The zero-order valence-electron chi connectivity index (χ0n) is 25.0. The Morgan fingerprint density at radius 1 is 0.938 bits per heavy atom. The number of phenols is 1. The van der Waals surface area contributed by atoms with Crippen LogP contribution >= 0.6 is 47.6 Å². The second kappa shape index (κ2) is 20.5. The maximum Gasteiger partial charge on any atom is 1.00 e. The van der Waals surface area contributed by atoms with E-state index >= 15 is 0 Å². The molecule has 0 fully saturated rings. The van der Waals surface area contributed by atoms with Crippen LogP contribution in [-0.4, -0.2) is 55.1 Å². The van der Waals surface area contributed by atoms with Crippen molar-refractivity contribution in [2.75, 3.05) is 31.9 Å². The molecule has 0 spiro atoms. The van der Waals surface area contributed by atoms with Crippen molar-refractivity contribution in [2.24, 2.45) is 10.2 Å². The Labute approximate surface area is 334 Å². The summed E-state index contributed by atoms with van der Waals surface area (Å²) in [5, 5.41) is 49.9. The molecule has 4 rings (SSSR count). The first kappa shape index (κ1) is 42.8. The van der Waals surface area contributed by atoms with E-state index in [1.807, 2.05) is 0 Å². The van der Waals surface area contributed by atoms with Crippen LogP contribution in [0, 0.1) is 0 Å². The fraction of sp³-hybridized carbons (Fsp3) is 0.174. The zero-order valence-corrected chi connectivity index (χ0v) is 33.0. The minimum Gasteiger partial charge on any atom is -0.691 e. The monoisotopic (exact) mass is 782 g/mol. The summed E-state index contributed by atoms with van der Waals surface area (Å²) in [4.78, 5) is 11.4. The van der Waals surface area contributed by atoms with Crippen molar-refractivity contribution in [3.8, 4) is 17.2 Å². The maximum atomic E-state index is 12.9. The molecule has 1 aromatic heterocycles. The number of hydrogen-bond donors (Lipinski definition) is 2. The Hall–Kier alpha value is -1.32. The molecule has 3 aromatic carbocycles. The van der Waals surface area contributed by atoms with Crippen LogP contribution in [0.1, 0.15) is 0 Å². The van der Waals surface area contributed by atoms with Crippen molar-refractivity contribution in [1.82, 2.24) is 15.0 Å². The number of azo groups is 1. The molecule has 0 aliphatic rings. The SMILES string of the molecule is COc1cc(S(=O)(=O)CCOSOO[O-])c(OC)cc1N=Nc1c(SOO[O-])cc2cc(Nc3nc(Cl)nc(Cl)n3)ccc2c1O.[Na+].[Na+]. The fourth-order valence-corrected chi connectivity index (χ4v) is 6.18. The van der Waals surface area contributed by atoms with Gasteiger partial charge in [0.25, 0.3) is 0 Å². The molecule has 1 heterocycles. The van der Waals surface area contributed by atoms with E-state index in [4.69, 9.17) is 36.9 Å². The Kier molecular flexibility index (Phi) is 18.3. The molecule has 2 N–H and O–H groups in total. The summed E-state index contributed by atoms with van der Waals surface area (Å²) in [7, 11) is -1.49. The van der Waals surface area contributed by atoms with Gasteiger partial charge in [0, 0.05) is 23.2 Å². The Morgan fingerprint density at radius 2 is 1.62 bits per heavy atom. The van der Waals surface area contributed by atoms with Gasteiger partial charge in [-0.15, -0.1) is 14.6 Å². The Bertz CT molecular complexity index is 1830. The van der Waals surface area contributed by atoms with Gasteiger partial charge in [-0.2, -0.15) is 19.3 Å². The number of methoxy groups -OCH3 is 2. The van der Waals surface area contributed by atoms with Gasteiger partial charge in [0.05, 0.1) is 43.5 Å². The van der Waals surface area contributed by atoms with Crippen LogP contribution in [0.2, 0.25) is 10.6 Å². The summed E-state index contributed by atoms with van der Waals surface area (Å²) in [5.74, 6) is -0.949. The van der Waals surface area contributed by atoms with Crippen molar-refractivity contribution in [3.63, 3.8) is 0 Å². The average molecular weight is 784 g/mol. The van der Waals surface area contributed by atoms with E-state index in [0.717, 1.165) is 0 Å². The molecule has 0 aliphatic heterocycles. The van der Waals surface area contributed by atoms with Crippen LogP contribution in [-0.2, 0) is 32.8 Å². The van der Waals surface area contributed by atoms with Crippen molar-refractivity contribution < 1.29 is 116 Å². The molecule has 0 unspecified atom stereocenters. The van der Waals surface area contributed by atoms with E-state index in [1.54, 1.807) is 18.2 Å². The smallest absolute Gasteiger partial charge is 0.691 e. The molecule has 0 radical (unpaired) electrons. The molecule has 246 valence electrons. The first-order chi connectivity index (χ1) is 22.1. The molecule has 0 aliphatic carbocycles. The molecule has 48 heavy (non-hydrogen) atoms. The van der Waals surface area contributed by atoms with Gasteiger partial charge in [0.2, 0.25) is 16.5 Å². The number of hydrogen-bond acceptors (Lipinski definition) is 20. The predicted octanol–water partition coefficient (Wildman–Crippen LogP) is -1.97. The molecule has 18 nitrogen and oxygen atoms in total. The summed E-state index contributed by atoms with van der Waals surface area (Å²) in [5.41, 5.74) is 0.346. The van der Waals surface area contributed by atoms with Crippen LogP contribution in [0.5, 0.6) is 17.2 Å². The average Bonchev–Trinajstić information content (AvgIpc) is 3.02. The van der Waals surface area contributed by atoms with Crippen LogP contribution in [0.3, 0.4) is 0 Å². The van der Waals surface area contributed by atoms with Crippen LogP contribution in [0.15, 0.2) is 56.4 Å². The number of benzene rings is 3. The van der Waals surface area contributed by atoms with Gasteiger partial charge in [0.15, 0.2) is 27.9 Å². The molecule has 0 saturated heterocycles. The third-order valence-electron chi connectivity index (χ3n) is 5.64. The van der Waals surface area contributed by atoms with Gasteiger partial charge >= 0.3 is 59.1 Å². The molecule has 25 heteroatoms. The van der Waals surface area contributed by atoms with E-state index in [9.17, 15) is 24.0 Å². The molecular weight excluding hydrogens is 765 g/mol. The van der Waals surface area contributed by atoms with Gasteiger partial charge in [-0.3, -0.25) is 14.3 Å². The van der Waals surface area contributed by atoms with Crippen LogP contribution in [0.25, 0.3) is 10.8 Å². The number of aromatic hydroxyl groups is 1. The summed E-state index contributed by atoms with van der Waals surface area (Å²) < 4.78 is 49.7. The normalized spacial score (nSPS) is 11.3. The van der Waals surface area contributed by atoms with Gasteiger partial charge in [-0.05, 0) is 52.9 Å². The zero-order chi connectivity index (χ0) is 33.3. The van der Waals surface area contributed by atoms with Crippen molar-refractivity contribution in [2.45, 2.75) is 9.79 Å². The number of anilines is 2. The first-order valence-electron chi connectivity index (χ1n) is 12.0. The van der Waals surface area contributed by atoms with E-state index in [1.165, 1.54) is 32.4 Å². The number of rotatable bonds is 16. The third-order valence-corrected chi connectivity index (χ3v) is 8.66. The Balaban J connectivity index is 0.00000400. The predicted molar refractivity (Wildman–Crippen MR) is 158 cm³/mol. The Morgan fingerprint density at radius 3 is 2.27 bits per heavy atom. The fourth-order valence-electron chi connectivity index (χ4n) is 3.75. The molecule has 0 bridgehead atoms. The molecule has 0 saturated carbocycles. The number of aromatic nitrogens is 3. The van der Waals surface area contributed by atoms with Gasteiger partial charge in [0.1, 0.15) is 27.8 Å². The molecule has 4 aromatic rings. The summed E-state index contributed by atoms with van der Waals surface area (Å²) in [6.07, 6.45) is 0. The second-order valence-corrected chi connectivity index (χ2v) is 12.3. The van der Waals surface area contributed by atoms with E-state index in [0.29, 0.717) is 28.5 Å². The number of sulfone groups is 1. The van der Waals surface area contributed by atoms with E-state index < -0.39 is 15.6 Å². The minimum absolute atomic E-state index is 0. The van der Waals surface area contributed by atoms with E-state index in [-0.39, 0.29) is 133 Å². The number of phenolic OH excluding ortho intramolecular Hbond substituents is 1. The number of ether oxygens (including phenoxy) is 2. The number of nitrogens with zero attached hydrogens (tertiary/aromatic N) is 5. The van der Waals surface area contributed by atoms with Crippen LogP contribution in [0.4, 0.5) is 23.0 Å². The topological polar surface area (TPSA) is 241 Å². The van der Waals surface area contributed by atoms with Gasteiger partial charge in [-0.25, -0.2) is 8.42 Å². The third kappa shape index (κ3) is 11.3. The molecule has 0 atom stereocenters. The molecule has 0 amide bonds. The van der Waals surface area contributed by atoms with Gasteiger partial charge < -0.3 is 30.4 Å². The minimum atomic E-state index is -4.01. The summed E-state index contributed by atoms with van der Waals surface area (Å²) >= 11 is 12.3. The second-order valence-electron chi connectivity index (χ2n) is 8.27. The van der Waals surface area contributed by atoms with E-state index in [2.05, 4.69) is 49.2 Å². The van der Waals surface area contributed by atoms with Gasteiger partial charge in [-0.1, -0.05) is 0 Å². The van der Waals surface area contributed by atoms with Crippen molar-refractivity contribution in [3.05, 3.63) is 47.0 Å². The number of fused-ring (bicyclic) bond motifs is 1. The molecular formula is C23H18Cl2N6Na2O12S3. The standard InChI is InChI=1S/C23H20Cl2N6O12S3.2Na/c1-37-15-10-18(46(35,36)6-5-39-45-43-41-34)16(38-2)9-14(15)30-31-19-17(44-42-40-33)8-11-7-12(3-4-13(11)20(19)32)26-23-28-21(24)27-22(25)29-23;;/h3-4,7-10,32-34H,5-6H2,1-2H3,(H,26,27,28,29);;/q;2*+1/p-2. The largest absolute Gasteiger partial charge is 1.00 e. The first-order valence-corrected chi connectivity index (χ1v) is 15.8. The van der Waals surface area contributed by atoms with Crippen molar-refractivity contribution in [1.29, 1.82) is 0 Å². The van der Waals surface area contributed by atoms with Crippen LogP contribution < -0.4 is 84.4 Å². The maximum absolute atomic E-state index is 12.9. The summed E-state index contributed by atoms with van der Waals surface area (Å²) in [6, 6.07) is 8.71. The van der Waals surface area contributed by atoms with Crippen molar-refractivity contribution >= 4 is 91.2 Å². The quantitative estimate of drug-likeness (QED) is 0.0313. The number of nitrogens with one attached hydrogen (secondary N) is 1. The summed E-state index contributed by atoms with van der Waals surface area (Å²) in [6.45, 7) is -0.363.